The molecule has 0 saturated heterocycles. The van der Waals surface area contributed by atoms with Gasteiger partial charge in [-0.05, 0) is 18.3 Å². The van der Waals surface area contributed by atoms with E-state index in [1.54, 1.807) is 0 Å². The Morgan fingerprint density at radius 1 is 1.79 bits per heavy atom. The normalized spacial score (nSPS) is 10.1. The fourth-order valence-corrected chi connectivity index (χ4v) is 1.85. The maximum Gasteiger partial charge on any atom is 0.345 e. The molecule has 1 heterocycles. The molecule has 14 heavy (non-hydrogen) atoms. The molecule has 1 rings (SSSR count). The van der Waals surface area contributed by atoms with Crippen LogP contribution in [0.3, 0.4) is 0 Å². The van der Waals surface area contributed by atoms with Gasteiger partial charge in [0.1, 0.15) is 6.20 Å². The highest BCUT2D eigenvalue weighted by Gasteiger charge is 2.14. The van der Waals surface area contributed by atoms with Crippen LogP contribution in [-0.4, -0.2) is 29.5 Å². The Kier molecular flexibility index (Phi) is 3.78. The smallest absolute Gasteiger partial charge is 0.345 e. The number of rotatable bonds is 5. The summed E-state index contributed by atoms with van der Waals surface area (Å²) >= 11 is 1.07. The summed E-state index contributed by atoms with van der Waals surface area (Å²) in [7, 11) is 0. The fourth-order valence-electron chi connectivity index (χ4n) is 1.03. The molecule has 78 valence electrons. The van der Waals surface area contributed by atoms with E-state index in [0.717, 1.165) is 17.9 Å². The van der Waals surface area contributed by atoms with Crippen LogP contribution in [0.25, 0.3) is 0 Å². The zero-order valence-electron chi connectivity index (χ0n) is 7.84. The van der Waals surface area contributed by atoms with Crippen LogP contribution in [0.15, 0.2) is 6.20 Å². The maximum absolute atomic E-state index is 10.4. The molecule has 0 aliphatic rings. The standard InChI is InChI=1S/C7H12N4O2S/c1-2-10(4-3-8)7-9-5-6(14-7)11(12)13/h5H,2-4,8H2,1H3. The predicted molar refractivity (Wildman–Crippen MR) is 55.7 cm³/mol. The summed E-state index contributed by atoms with van der Waals surface area (Å²) in [5.74, 6) is 0. The third kappa shape index (κ3) is 2.39. The van der Waals surface area contributed by atoms with Crippen molar-refractivity contribution in [2.24, 2.45) is 5.73 Å². The van der Waals surface area contributed by atoms with Crippen molar-refractivity contribution in [2.45, 2.75) is 6.92 Å². The van der Waals surface area contributed by atoms with Crippen molar-refractivity contribution in [3.63, 3.8) is 0 Å². The highest BCUT2D eigenvalue weighted by Crippen LogP contribution is 2.27. The van der Waals surface area contributed by atoms with Gasteiger partial charge >= 0.3 is 5.00 Å². The van der Waals surface area contributed by atoms with E-state index in [1.807, 2.05) is 11.8 Å². The van der Waals surface area contributed by atoms with E-state index >= 15 is 0 Å². The lowest BCUT2D eigenvalue weighted by Crippen LogP contribution is -2.28. The average molecular weight is 216 g/mol. The van der Waals surface area contributed by atoms with Gasteiger partial charge in [-0.1, -0.05) is 0 Å². The average Bonchev–Trinajstić information content (AvgIpc) is 2.63. The van der Waals surface area contributed by atoms with Gasteiger partial charge in [0.15, 0.2) is 5.13 Å². The summed E-state index contributed by atoms with van der Waals surface area (Å²) < 4.78 is 0. The number of aromatic nitrogens is 1. The molecule has 0 spiro atoms. The minimum Gasteiger partial charge on any atom is -0.347 e. The lowest BCUT2D eigenvalue weighted by atomic mass is 10.5. The van der Waals surface area contributed by atoms with Gasteiger partial charge in [-0.2, -0.15) is 0 Å². The monoisotopic (exact) mass is 216 g/mol. The number of hydrogen-bond donors (Lipinski definition) is 1. The van der Waals surface area contributed by atoms with Gasteiger partial charge in [0, 0.05) is 19.6 Å². The second kappa shape index (κ2) is 4.87. The molecule has 1 aromatic rings. The van der Waals surface area contributed by atoms with E-state index in [2.05, 4.69) is 4.98 Å². The zero-order chi connectivity index (χ0) is 10.6. The molecule has 0 saturated carbocycles. The lowest BCUT2D eigenvalue weighted by Gasteiger charge is -2.17. The first-order chi connectivity index (χ1) is 6.69. The number of nitrogens with zero attached hydrogens (tertiary/aromatic N) is 3. The van der Waals surface area contributed by atoms with Crippen molar-refractivity contribution in [1.82, 2.24) is 4.98 Å². The predicted octanol–water partition coefficient (Wildman–Crippen LogP) is 0.836. The van der Waals surface area contributed by atoms with E-state index < -0.39 is 4.92 Å². The summed E-state index contributed by atoms with van der Waals surface area (Å²) in [6, 6.07) is 0. The highest BCUT2D eigenvalue weighted by molar-refractivity contribution is 7.18. The lowest BCUT2D eigenvalue weighted by molar-refractivity contribution is -0.380. The largest absolute Gasteiger partial charge is 0.347 e. The molecule has 7 heteroatoms. The molecule has 0 aliphatic carbocycles. The van der Waals surface area contributed by atoms with E-state index in [-0.39, 0.29) is 5.00 Å². The molecule has 0 aromatic carbocycles. The summed E-state index contributed by atoms with van der Waals surface area (Å²) in [6.45, 7) is 3.90. The van der Waals surface area contributed by atoms with Crippen LogP contribution in [0.4, 0.5) is 10.1 Å². The Bertz CT molecular complexity index is 314. The van der Waals surface area contributed by atoms with E-state index in [1.165, 1.54) is 6.20 Å². The van der Waals surface area contributed by atoms with Crippen LogP contribution in [0, 0.1) is 10.1 Å². The van der Waals surface area contributed by atoms with Crippen molar-refractivity contribution in [3.05, 3.63) is 16.3 Å². The van der Waals surface area contributed by atoms with Crippen LogP contribution in [0.1, 0.15) is 6.92 Å². The minimum atomic E-state index is -0.433. The zero-order valence-corrected chi connectivity index (χ0v) is 8.66. The molecule has 1 aromatic heterocycles. The molecule has 0 fully saturated rings. The van der Waals surface area contributed by atoms with Crippen molar-refractivity contribution < 1.29 is 4.92 Å². The Morgan fingerprint density at radius 2 is 2.50 bits per heavy atom. The molecule has 0 aliphatic heterocycles. The Labute approximate surface area is 85.5 Å². The van der Waals surface area contributed by atoms with Gasteiger partial charge in [0.2, 0.25) is 0 Å². The second-order valence-electron chi connectivity index (χ2n) is 2.61. The molecule has 0 bridgehead atoms. The van der Waals surface area contributed by atoms with E-state index in [9.17, 15) is 10.1 Å². The highest BCUT2D eigenvalue weighted by atomic mass is 32.1. The molecule has 0 unspecified atom stereocenters. The molecule has 0 amide bonds. The number of thiazole rings is 1. The first-order valence-electron chi connectivity index (χ1n) is 4.24. The topological polar surface area (TPSA) is 85.3 Å². The van der Waals surface area contributed by atoms with Gasteiger partial charge in [-0.25, -0.2) is 4.98 Å². The minimum absolute atomic E-state index is 0.0653. The third-order valence-corrected chi connectivity index (χ3v) is 2.72. The van der Waals surface area contributed by atoms with Gasteiger partial charge < -0.3 is 10.6 Å². The maximum atomic E-state index is 10.4. The third-order valence-electron chi connectivity index (χ3n) is 1.71. The van der Waals surface area contributed by atoms with Crippen LogP contribution in [0.2, 0.25) is 0 Å². The van der Waals surface area contributed by atoms with Gasteiger partial charge in [-0.15, -0.1) is 0 Å². The van der Waals surface area contributed by atoms with Gasteiger partial charge in [-0.3, -0.25) is 10.1 Å². The molecule has 2 N–H and O–H groups in total. The number of nitrogens with two attached hydrogens (primary N) is 1. The Hall–Kier alpha value is -1.21. The quantitative estimate of drug-likeness (QED) is 0.582. The fraction of sp³-hybridized carbons (Fsp3) is 0.571. The van der Waals surface area contributed by atoms with E-state index in [0.29, 0.717) is 18.2 Å². The first-order valence-corrected chi connectivity index (χ1v) is 5.06. The summed E-state index contributed by atoms with van der Waals surface area (Å²) in [5, 5.41) is 11.1. The number of nitro groups is 1. The van der Waals surface area contributed by atoms with E-state index in [4.69, 9.17) is 5.73 Å². The van der Waals surface area contributed by atoms with Crippen LogP contribution < -0.4 is 10.6 Å². The molecular formula is C7H12N4O2S. The number of hydrogen-bond acceptors (Lipinski definition) is 6. The first kappa shape index (κ1) is 10.9. The van der Waals surface area contributed by atoms with Gasteiger partial charge in [0.05, 0.1) is 4.92 Å². The number of anilines is 1. The van der Waals surface area contributed by atoms with Crippen LogP contribution in [-0.2, 0) is 0 Å². The summed E-state index contributed by atoms with van der Waals surface area (Å²) in [5.41, 5.74) is 5.41. The Morgan fingerprint density at radius 3 is 2.93 bits per heavy atom. The van der Waals surface area contributed by atoms with Gasteiger partial charge in [0.25, 0.3) is 0 Å². The van der Waals surface area contributed by atoms with Crippen molar-refractivity contribution in [2.75, 3.05) is 24.5 Å². The van der Waals surface area contributed by atoms with Crippen molar-refractivity contribution in [3.8, 4) is 0 Å². The molecule has 6 nitrogen and oxygen atoms in total. The van der Waals surface area contributed by atoms with Crippen molar-refractivity contribution >= 4 is 21.5 Å². The SMILES string of the molecule is CCN(CCN)c1ncc([N+](=O)[O-])s1. The molecule has 0 radical (unpaired) electrons. The molecule has 0 atom stereocenters. The Balaban J connectivity index is 2.78. The second-order valence-corrected chi connectivity index (χ2v) is 3.59. The van der Waals surface area contributed by atoms with Crippen LogP contribution in [0.5, 0.6) is 0 Å². The summed E-state index contributed by atoms with van der Waals surface area (Å²) in [6.07, 6.45) is 1.28. The van der Waals surface area contributed by atoms with Crippen LogP contribution >= 0.6 is 11.3 Å². The van der Waals surface area contributed by atoms with Crippen molar-refractivity contribution in [1.29, 1.82) is 0 Å². The molecular weight excluding hydrogens is 204 g/mol. The number of likely N-dealkylation sites (N-methyl/N-ethyl adjacent to an activating group) is 1. The summed E-state index contributed by atoms with van der Waals surface area (Å²) in [4.78, 5) is 15.9.